The van der Waals surface area contributed by atoms with Crippen LogP contribution in [-0.2, 0) is 4.79 Å². The molecule has 0 amide bonds. The van der Waals surface area contributed by atoms with Crippen molar-refractivity contribution >= 4 is 5.97 Å². The van der Waals surface area contributed by atoms with Gasteiger partial charge in [0.1, 0.15) is 6.04 Å². The minimum absolute atomic E-state index is 0.0406. The van der Waals surface area contributed by atoms with Crippen LogP contribution in [0.25, 0.3) is 0 Å². The molecule has 1 fully saturated rings. The molecule has 1 atom stereocenters. The highest BCUT2D eigenvalue weighted by atomic mass is 19.4. The van der Waals surface area contributed by atoms with Gasteiger partial charge in [-0.25, -0.2) is 0 Å². The number of halogens is 3. The average Bonchev–Trinajstić information content (AvgIpc) is 1.92. The first-order valence-corrected chi connectivity index (χ1v) is 4.33. The summed E-state index contributed by atoms with van der Waals surface area (Å²) in [6.45, 7) is 1.55. The Morgan fingerprint density at radius 1 is 1.57 bits per heavy atom. The second-order valence-electron chi connectivity index (χ2n) is 3.64. The molecule has 1 unspecified atom stereocenters. The minimum atomic E-state index is -4.21. The number of hydrogen-bond acceptors (Lipinski definition) is 2. The molecule has 82 valence electrons. The van der Waals surface area contributed by atoms with Gasteiger partial charge in [-0.1, -0.05) is 0 Å². The normalized spacial score (nSPS) is 21.7. The zero-order valence-corrected chi connectivity index (χ0v) is 7.71. The van der Waals surface area contributed by atoms with E-state index >= 15 is 0 Å². The van der Waals surface area contributed by atoms with Gasteiger partial charge >= 0.3 is 12.1 Å². The van der Waals surface area contributed by atoms with E-state index in [2.05, 4.69) is 0 Å². The second kappa shape index (κ2) is 3.76. The fourth-order valence-corrected chi connectivity index (χ4v) is 1.51. The maximum atomic E-state index is 12.2. The molecule has 1 aliphatic heterocycles. The Bertz CT molecular complexity index is 223. The number of likely N-dealkylation sites (tertiary alicyclic amines) is 1. The number of rotatable bonds is 3. The molecule has 1 saturated heterocycles. The van der Waals surface area contributed by atoms with E-state index in [-0.39, 0.29) is 25.4 Å². The zero-order valence-electron chi connectivity index (χ0n) is 7.71. The summed E-state index contributed by atoms with van der Waals surface area (Å²) in [5.74, 6) is -1.08. The first-order valence-electron chi connectivity index (χ1n) is 4.33. The Balaban J connectivity index is 2.31. The van der Waals surface area contributed by atoms with E-state index in [0.29, 0.717) is 0 Å². The zero-order chi connectivity index (χ0) is 10.9. The Morgan fingerprint density at radius 3 is 2.43 bits per heavy atom. The maximum Gasteiger partial charge on any atom is 0.403 e. The largest absolute Gasteiger partial charge is 0.481 e. The Labute approximate surface area is 79.5 Å². The molecule has 1 rings (SSSR count). The van der Waals surface area contributed by atoms with Gasteiger partial charge in [-0.2, -0.15) is 13.2 Å². The number of aliphatic carboxylic acids is 1. The minimum Gasteiger partial charge on any atom is -0.481 e. The van der Waals surface area contributed by atoms with Gasteiger partial charge in [0.25, 0.3) is 0 Å². The van der Waals surface area contributed by atoms with Gasteiger partial charge in [0, 0.05) is 13.1 Å². The molecule has 0 aliphatic carbocycles. The second-order valence-corrected chi connectivity index (χ2v) is 3.64. The molecule has 1 N–H and O–H groups in total. The molecule has 0 aromatic heterocycles. The van der Waals surface area contributed by atoms with Crippen LogP contribution in [-0.4, -0.2) is 41.3 Å². The molecule has 0 radical (unpaired) electrons. The van der Waals surface area contributed by atoms with Gasteiger partial charge in [-0.15, -0.1) is 0 Å². The number of alkyl halides is 3. The van der Waals surface area contributed by atoms with Gasteiger partial charge in [-0.05, 0) is 12.8 Å². The molecular formula is C8H12F3NO2. The van der Waals surface area contributed by atoms with Crippen molar-refractivity contribution in [1.29, 1.82) is 0 Å². The molecule has 0 aromatic rings. The van der Waals surface area contributed by atoms with Crippen molar-refractivity contribution in [2.45, 2.75) is 25.6 Å². The third kappa shape index (κ3) is 2.60. The summed E-state index contributed by atoms with van der Waals surface area (Å²) in [5, 5.41) is 8.39. The predicted octanol–water partition coefficient (Wildman–Crippen LogP) is 1.34. The third-order valence-electron chi connectivity index (χ3n) is 2.47. The van der Waals surface area contributed by atoms with Gasteiger partial charge in [0.05, 0.1) is 6.42 Å². The molecule has 1 aliphatic rings. The highest BCUT2D eigenvalue weighted by Crippen LogP contribution is 2.30. The van der Waals surface area contributed by atoms with Crippen molar-refractivity contribution < 1.29 is 23.1 Å². The number of carbonyl (C=O) groups is 1. The van der Waals surface area contributed by atoms with E-state index in [1.165, 1.54) is 4.90 Å². The molecule has 1 heterocycles. The van der Waals surface area contributed by atoms with E-state index in [4.69, 9.17) is 5.11 Å². The molecule has 3 nitrogen and oxygen atoms in total. The molecule has 14 heavy (non-hydrogen) atoms. The lowest BCUT2D eigenvalue weighted by molar-refractivity contribution is -0.194. The summed E-state index contributed by atoms with van der Waals surface area (Å²) in [7, 11) is 0. The Morgan fingerprint density at radius 2 is 2.07 bits per heavy atom. The quantitative estimate of drug-likeness (QED) is 0.765. The van der Waals surface area contributed by atoms with Gasteiger partial charge < -0.3 is 5.11 Å². The highest BCUT2D eigenvalue weighted by Gasteiger charge is 2.44. The summed E-state index contributed by atoms with van der Waals surface area (Å²) in [6.07, 6.45) is -4.25. The van der Waals surface area contributed by atoms with Crippen LogP contribution in [0.5, 0.6) is 0 Å². The number of carboxylic acid groups (broad SMARTS) is 1. The van der Waals surface area contributed by atoms with E-state index in [1.54, 1.807) is 0 Å². The SMILES string of the molecule is CC(N1CC(CC(=O)O)C1)C(F)(F)F. The molecule has 0 aromatic carbocycles. The van der Waals surface area contributed by atoms with Crippen molar-refractivity contribution in [1.82, 2.24) is 4.90 Å². The van der Waals surface area contributed by atoms with Crippen LogP contribution < -0.4 is 0 Å². The van der Waals surface area contributed by atoms with Crippen LogP contribution in [0.1, 0.15) is 13.3 Å². The number of hydrogen-bond donors (Lipinski definition) is 1. The fraction of sp³-hybridized carbons (Fsp3) is 0.875. The topological polar surface area (TPSA) is 40.5 Å². The monoisotopic (exact) mass is 211 g/mol. The molecule has 0 bridgehead atoms. The molecule has 0 saturated carbocycles. The van der Waals surface area contributed by atoms with Gasteiger partial charge in [-0.3, -0.25) is 9.69 Å². The lowest BCUT2D eigenvalue weighted by atomic mass is 9.94. The number of nitrogens with zero attached hydrogens (tertiary/aromatic N) is 1. The van der Waals surface area contributed by atoms with Crippen LogP contribution in [0.2, 0.25) is 0 Å². The molecular weight excluding hydrogens is 199 g/mol. The standard InChI is InChI=1S/C8H12F3NO2/c1-5(8(9,10)11)12-3-6(4-12)2-7(13)14/h5-6H,2-4H2,1H3,(H,13,14). The van der Waals surface area contributed by atoms with E-state index < -0.39 is 18.2 Å². The number of carboxylic acids is 1. The highest BCUT2D eigenvalue weighted by molar-refractivity contribution is 5.67. The van der Waals surface area contributed by atoms with Crippen molar-refractivity contribution in [3.05, 3.63) is 0 Å². The lowest BCUT2D eigenvalue weighted by Gasteiger charge is -2.43. The molecule has 6 heteroatoms. The van der Waals surface area contributed by atoms with Crippen LogP contribution in [0.4, 0.5) is 13.2 Å². The average molecular weight is 211 g/mol. The first kappa shape index (κ1) is 11.3. The van der Waals surface area contributed by atoms with Crippen molar-refractivity contribution in [2.75, 3.05) is 13.1 Å². The molecule has 0 spiro atoms. The van der Waals surface area contributed by atoms with Crippen molar-refractivity contribution in [3.63, 3.8) is 0 Å². The summed E-state index contributed by atoms with van der Waals surface area (Å²) in [6, 6.07) is -1.47. The van der Waals surface area contributed by atoms with Crippen LogP contribution in [0.15, 0.2) is 0 Å². The summed E-state index contributed by atoms with van der Waals surface area (Å²) in [4.78, 5) is 11.5. The Kier molecular flexibility index (Phi) is 3.04. The maximum absolute atomic E-state index is 12.2. The fourth-order valence-electron chi connectivity index (χ4n) is 1.51. The van der Waals surface area contributed by atoms with Crippen molar-refractivity contribution in [2.24, 2.45) is 5.92 Å². The van der Waals surface area contributed by atoms with E-state index in [0.717, 1.165) is 6.92 Å². The van der Waals surface area contributed by atoms with Gasteiger partial charge in [0.15, 0.2) is 0 Å². The van der Waals surface area contributed by atoms with Crippen molar-refractivity contribution in [3.8, 4) is 0 Å². The van der Waals surface area contributed by atoms with Crippen LogP contribution in [0.3, 0.4) is 0 Å². The predicted molar refractivity (Wildman–Crippen MR) is 42.8 cm³/mol. The summed E-state index contributed by atoms with van der Waals surface area (Å²) >= 11 is 0. The Hall–Kier alpha value is -0.780. The first-order chi connectivity index (χ1) is 6.30. The lowest BCUT2D eigenvalue weighted by Crippen LogP contribution is -2.56. The van der Waals surface area contributed by atoms with Crippen LogP contribution >= 0.6 is 0 Å². The smallest absolute Gasteiger partial charge is 0.403 e. The summed E-state index contributed by atoms with van der Waals surface area (Å²) in [5.41, 5.74) is 0. The van der Waals surface area contributed by atoms with Crippen LogP contribution in [0, 0.1) is 5.92 Å². The third-order valence-corrected chi connectivity index (χ3v) is 2.47. The van der Waals surface area contributed by atoms with E-state index in [9.17, 15) is 18.0 Å². The van der Waals surface area contributed by atoms with E-state index in [1.807, 2.05) is 0 Å². The summed E-state index contributed by atoms with van der Waals surface area (Å²) < 4.78 is 36.5. The van der Waals surface area contributed by atoms with Gasteiger partial charge in [0.2, 0.25) is 0 Å².